The SMILES string of the molecule is CC(CNC(=O)C=Cc1ccccc1)OC12CC3CC(CC(C3)C1)C2. The first-order valence-corrected chi connectivity index (χ1v) is 9.79. The van der Waals surface area contributed by atoms with Crippen molar-refractivity contribution in [2.75, 3.05) is 6.54 Å². The molecule has 0 saturated heterocycles. The third-order valence-electron chi connectivity index (χ3n) is 6.22. The van der Waals surface area contributed by atoms with Crippen LogP contribution in [0.2, 0.25) is 0 Å². The Labute approximate surface area is 150 Å². The van der Waals surface area contributed by atoms with Gasteiger partial charge in [-0.3, -0.25) is 4.79 Å². The van der Waals surface area contributed by atoms with Crippen molar-refractivity contribution in [3.63, 3.8) is 0 Å². The van der Waals surface area contributed by atoms with E-state index in [1.165, 1.54) is 38.5 Å². The van der Waals surface area contributed by atoms with Crippen LogP contribution < -0.4 is 5.32 Å². The van der Waals surface area contributed by atoms with Crippen molar-refractivity contribution in [3.8, 4) is 0 Å². The van der Waals surface area contributed by atoms with Crippen molar-refractivity contribution in [3.05, 3.63) is 42.0 Å². The second-order valence-corrected chi connectivity index (χ2v) is 8.52. The van der Waals surface area contributed by atoms with Crippen molar-refractivity contribution in [1.82, 2.24) is 5.32 Å². The van der Waals surface area contributed by atoms with Crippen molar-refractivity contribution >= 4 is 12.0 Å². The largest absolute Gasteiger partial charge is 0.370 e. The van der Waals surface area contributed by atoms with Gasteiger partial charge in [0.2, 0.25) is 5.91 Å². The fourth-order valence-corrected chi connectivity index (χ4v) is 5.68. The van der Waals surface area contributed by atoms with Crippen molar-refractivity contribution in [1.29, 1.82) is 0 Å². The summed E-state index contributed by atoms with van der Waals surface area (Å²) in [4.78, 5) is 12.0. The Hall–Kier alpha value is -1.61. The van der Waals surface area contributed by atoms with Gasteiger partial charge in [0.05, 0.1) is 11.7 Å². The number of hydrogen-bond acceptors (Lipinski definition) is 2. The first-order valence-electron chi connectivity index (χ1n) is 9.79. The summed E-state index contributed by atoms with van der Waals surface area (Å²) >= 11 is 0. The highest BCUT2D eigenvalue weighted by molar-refractivity contribution is 5.91. The zero-order valence-corrected chi connectivity index (χ0v) is 15.1. The lowest BCUT2D eigenvalue weighted by Crippen LogP contribution is -2.53. The average molecular weight is 339 g/mol. The molecule has 25 heavy (non-hydrogen) atoms. The summed E-state index contributed by atoms with van der Waals surface area (Å²) in [6, 6.07) is 9.89. The van der Waals surface area contributed by atoms with E-state index in [1.807, 2.05) is 36.4 Å². The summed E-state index contributed by atoms with van der Waals surface area (Å²) in [5.41, 5.74) is 1.15. The van der Waals surface area contributed by atoms with Crippen LogP contribution in [-0.2, 0) is 9.53 Å². The molecule has 4 saturated carbocycles. The van der Waals surface area contributed by atoms with Gasteiger partial charge in [-0.2, -0.15) is 0 Å². The van der Waals surface area contributed by atoms with E-state index in [2.05, 4.69) is 12.2 Å². The highest BCUT2D eigenvalue weighted by Gasteiger charge is 2.52. The Morgan fingerprint density at radius 2 is 1.76 bits per heavy atom. The van der Waals surface area contributed by atoms with E-state index in [4.69, 9.17) is 4.74 Å². The maximum Gasteiger partial charge on any atom is 0.244 e. The Bertz CT molecular complexity index is 601. The Balaban J connectivity index is 1.26. The molecule has 4 aliphatic carbocycles. The van der Waals surface area contributed by atoms with Gasteiger partial charge in [0.25, 0.3) is 0 Å². The quantitative estimate of drug-likeness (QED) is 0.789. The molecule has 0 heterocycles. The van der Waals surface area contributed by atoms with Gasteiger partial charge in [0, 0.05) is 12.6 Å². The van der Waals surface area contributed by atoms with Gasteiger partial charge in [0.1, 0.15) is 0 Å². The third-order valence-corrected chi connectivity index (χ3v) is 6.22. The molecule has 0 radical (unpaired) electrons. The van der Waals surface area contributed by atoms with Crippen LogP contribution in [0, 0.1) is 17.8 Å². The Morgan fingerprint density at radius 1 is 1.16 bits per heavy atom. The second kappa shape index (κ2) is 6.95. The zero-order valence-electron chi connectivity index (χ0n) is 15.1. The van der Waals surface area contributed by atoms with Gasteiger partial charge in [-0.1, -0.05) is 30.3 Å². The molecule has 1 amide bonds. The monoisotopic (exact) mass is 339 g/mol. The van der Waals surface area contributed by atoms with Crippen LogP contribution in [0.1, 0.15) is 51.0 Å². The molecule has 4 bridgehead atoms. The molecule has 0 aliphatic heterocycles. The highest BCUT2D eigenvalue weighted by Crippen LogP contribution is 2.57. The fraction of sp³-hybridized carbons (Fsp3) is 0.591. The summed E-state index contributed by atoms with van der Waals surface area (Å²) in [6.07, 6.45) is 11.5. The fourth-order valence-electron chi connectivity index (χ4n) is 5.68. The normalized spacial score (nSPS) is 34.4. The number of carbonyl (C=O) groups excluding carboxylic acids is 1. The van der Waals surface area contributed by atoms with Crippen LogP contribution in [0.25, 0.3) is 6.08 Å². The molecular weight excluding hydrogens is 310 g/mol. The minimum absolute atomic E-state index is 0.0511. The smallest absolute Gasteiger partial charge is 0.244 e. The summed E-state index contributed by atoms with van der Waals surface area (Å²) < 4.78 is 6.52. The number of benzene rings is 1. The number of amides is 1. The van der Waals surface area contributed by atoms with Gasteiger partial charge in [-0.15, -0.1) is 0 Å². The molecule has 1 aromatic carbocycles. The van der Waals surface area contributed by atoms with Crippen LogP contribution in [0.3, 0.4) is 0 Å². The molecule has 4 fully saturated rings. The number of hydrogen-bond donors (Lipinski definition) is 1. The Morgan fingerprint density at radius 3 is 2.36 bits per heavy atom. The van der Waals surface area contributed by atoms with Crippen molar-refractivity contribution in [2.45, 2.75) is 57.2 Å². The van der Waals surface area contributed by atoms with E-state index < -0.39 is 0 Å². The molecule has 1 aromatic rings. The van der Waals surface area contributed by atoms with Crippen molar-refractivity contribution in [2.24, 2.45) is 17.8 Å². The zero-order chi connectivity index (χ0) is 17.3. The second-order valence-electron chi connectivity index (χ2n) is 8.52. The maximum atomic E-state index is 12.0. The standard InChI is InChI=1S/C22H29NO2/c1-16(15-23-21(24)8-7-17-5-3-2-4-6-17)25-22-12-18-9-19(13-22)11-20(10-18)14-22/h2-8,16,18-20H,9-15H2,1H3,(H,23,24). The molecule has 134 valence electrons. The summed E-state index contributed by atoms with van der Waals surface area (Å²) in [5.74, 6) is 2.62. The van der Waals surface area contributed by atoms with E-state index in [1.54, 1.807) is 6.08 Å². The van der Waals surface area contributed by atoms with E-state index in [9.17, 15) is 4.79 Å². The van der Waals surface area contributed by atoms with Gasteiger partial charge >= 0.3 is 0 Å². The van der Waals surface area contributed by atoms with Crippen molar-refractivity contribution < 1.29 is 9.53 Å². The molecule has 5 rings (SSSR count). The van der Waals surface area contributed by atoms with E-state index >= 15 is 0 Å². The van der Waals surface area contributed by atoms with Gasteiger partial charge in [-0.25, -0.2) is 0 Å². The van der Waals surface area contributed by atoms with Crippen LogP contribution >= 0.6 is 0 Å². The minimum Gasteiger partial charge on any atom is -0.370 e. The molecule has 0 spiro atoms. The maximum absolute atomic E-state index is 12.0. The first kappa shape index (κ1) is 16.8. The molecule has 3 nitrogen and oxygen atoms in total. The lowest BCUT2D eigenvalue weighted by Gasteiger charge is -2.57. The summed E-state index contributed by atoms with van der Waals surface area (Å²) in [7, 11) is 0. The van der Waals surface area contributed by atoms with E-state index in [0.29, 0.717) is 6.54 Å². The minimum atomic E-state index is -0.0511. The lowest BCUT2D eigenvalue weighted by molar-refractivity contribution is -0.183. The van der Waals surface area contributed by atoms with E-state index in [0.717, 1.165) is 23.3 Å². The number of ether oxygens (including phenoxy) is 1. The van der Waals surface area contributed by atoms with Gasteiger partial charge in [-0.05, 0) is 74.8 Å². The summed E-state index contributed by atoms with van der Waals surface area (Å²) in [6.45, 7) is 2.68. The average Bonchev–Trinajstić information content (AvgIpc) is 2.57. The molecule has 0 aromatic heterocycles. The predicted molar refractivity (Wildman–Crippen MR) is 99.9 cm³/mol. The van der Waals surface area contributed by atoms with Crippen LogP contribution in [0.4, 0.5) is 0 Å². The van der Waals surface area contributed by atoms with Crippen LogP contribution in [0.15, 0.2) is 36.4 Å². The molecular formula is C22H29NO2. The van der Waals surface area contributed by atoms with Gasteiger partial charge < -0.3 is 10.1 Å². The first-order chi connectivity index (χ1) is 12.1. The summed E-state index contributed by atoms with van der Waals surface area (Å²) in [5, 5.41) is 2.98. The molecule has 1 N–H and O–H groups in total. The number of nitrogens with one attached hydrogen (secondary N) is 1. The Kier molecular flexibility index (Phi) is 4.68. The van der Waals surface area contributed by atoms with E-state index in [-0.39, 0.29) is 17.6 Å². The van der Waals surface area contributed by atoms with Crippen LogP contribution in [-0.4, -0.2) is 24.2 Å². The predicted octanol–water partition coefficient (Wildman–Crippen LogP) is 4.19. The number of carbonyl (C=O) groups is 1. The topological polar surface area (TPSA) is 38.3 Å². The molecule has 1 atom stereocenters. The number of rotatable bonds is 6. The molecule has 4 aliphatic rings. The highest BCUT2D eigenvalue weighted by atomic mass is 16.5. The van der Waals surface area contributed by atoms with Crippen LogP contribution in [0.5, 0.6) is 0 Å². The molecule has 1 unspecified atom stereocenters. The lowest BCUT2D eigenvalue weighted by atomic mass is 9.54. The third kappa shape index (κ3) is 3.98. The van der Waals surface area contributed by atoms with Gasteiger partial charge in [0.15, 0.2) is 0 Å². The molecule has 3 heteroatoms.